The van der Waals surface area contributed by atoms with Crippen molar-refractivity contribution in [2.24, 2.45) is 0 Å². The highest BCUT2D eigenvalue weighted by molar-refractivity contribution is 9.10. The van der Waals surface area contributed by atoms with Gasteiger partial charge in [0.15, 0.2) is 6.61 Å². The summed E-state index contributed by atoms with van der Waals surface area (Å²) in [4.78, 5) is 29.0. The van der Waals surface area contributed by atoms with Gasteiger partial charge in [-0.3, -0.25) is 9.59 Å². The van der Waals surface area contributed by atoms with E-state index in [1.54, 1.807) is 4.90 Å². The first-order valence-corrected chi connectivity index (χ1v) is 13.7. The molecule has 0 bridgehead atoms. The van der Waals surface area contributed by atoms with Crippen molar-refractivity contribution < 1.29 is 14.3 Å². The first-order chi connectivity index (χ1) is 18.5. The molecule has 0 aliphatic carbocycles. The summed E-state index contributed by atoms with van der Waals surface area (Å²) < 4.78 is 6.84. The number of carbonyl (C=O) groups is 2. The van der Waals surface area contributed by atoms with Crippen LogP contribution in [0.15, 0.2) is 102 Å². The van der Waals surface area contributed by atoms with Crippen LogP contribution in [-0.4, -0.2) is 35.4 Å². The van der Waals surface area contributed by atoms with Crippen molar-refractivity contribution in [1.29, 1.82) is 0 Å². The smallest absolute Gasteiger partial charge is 0.261 e. The van der Waals surface area contributed by atoms with Crippen molar-refractivity contribution in [3.63, 3.8) is 0 Å². The number of benzene rings is 4. The third-order valence-corrected chi connectivity index (χ3v) is 7.46. The molecule has 2 amide bonds. The molecule has 0 spiro atoms. The molecule has 0 radical (unpaired) electrons. The minimum absolute atomic E-state index is 0.000689. The van der Waals surface area contributed by atoms with Gasteiger partial charge in [-0.05, 0) is 57.2 Å². The molecule has 0 heterocycles. The highest BCUT2D eigenvalue weighted by Gasteiger charge is 2.31. The van der Waals surface area contributed by atoms with E-state index in [0.717, 1.165) is 32.8 Å². The van der Waals surface area contributed by atoms with Gasteiger partial charge in [0.1, 0.15) is 11.8 Å². The van der Waals surface area contributed by atoms with E-state index < -0.39 is 6.04 Å². The van der Waals surface area contributed by atoms with Gasteiger partial charge in [0, 0.05) is 19.0 Å². The summed E-state index contributed by atoms with van der Waals surface area (Å²) in [5.41, 5.74) is 1.93. The fraction of sp³-hybridized carbons (Fsp3) is 0.250. The van der Waals surface area contributed by atoms with Gasteiger partial charge in [-0.15, -0.1) is 0 Å². The molecule has 1 N–H and O–H groups in total. The fourth-order valence-corrected chi connectivity index (χ4v) is 4.93. The molecule has 38 heavy (non-hydrogen) atoms. The lowest BCUT2D eigenvalue weighted by atomic mass is 10.0. The van der Waals surface area contributed by atoms with Crippen molar-refractivity contribution in [2.45, 2.75) is 45.3 Å². The number of fused-ring (bicyclic) bond motifs is 1. The largest absolute Gasteiger partial charge is 0.483 e. The Morgan fingerprint density at radius 3 is 2.18 bits per heavy atom. The molecule has 4 rings (SSSR count). The molecule has 196 valence electrons. The number of ether oxygens (including phenoxy) is 1. The van der Waals surface area contributed by atoms with Crippen molar-refractivity contribution in [1.82, 2.24) is 10.2 Å². The van der Waals surface area contributed by atoms with E-state index in [-0.39, 0.29) is 24.5 Å². The maximum absolute atomic E-state index is 13.8. The molecule has 0 saturated carbocycles. The zero-order chi connectivity index (χ0) is 26.9. The maximum Gasteiger partial charge on any atom is 0.261 e. The topological polar surface area (TPSA) is 58.6 Å². The van der Waals surface area contributed by atoms with Gasteiger partial charge < -0.3 is 15.0 Å². The van der Waals surface area contributed by atoms with Crippen LogP contribution < -0.4 is 10.1 Å². The molecule has 2 unspecified atom stereocenters. The first kappa shape index (κ1) is 27.4. The van der Waals surface area contributed by atoms with Crippen LogP contribution >= 0.6 is 15.9 Å². The van der Waals surface area contributed by atoms with E-state index in [2.05, 4.69) is 21.2 Å². The van der Waals surface area contributed by atoms with E-state index >= 15 is 0 Å². The summed E-state index contributed by atoms with van der Waals surface area (Å²) >= 11 is 3.64. The number of nitrogens with one attached hydrogen (secondary N) is 1. The Hall–Kier alpha value is -3.64. The van der Waals surface area contributed by atoms with E-state index in [4.69, 9.17) is 4.74 Å². The van der Waals surface area contributed by atoms with Crippen molar-refractivity contribution >= 4 is 38.5 Å². The van der Waals surface area contributed by atoms with Crippen LogP contribution in [0.1, 0.15) is 31.4 Å². The van der Waals surface area contributed by atoms with Crippen LogP contribution in [0.4, 0.5) is 0 Å². The Morgan fingerprint density at radius 2 is 1.50 bits per heavy atom. The summed E-state index contributed by atoms with van der Waals surface area (Å²) in [6.45, 7) is 4.11. The van der Waals surface area contributed by atoms with Gasteiger partial charge in [-0.25, -0.2) is 0 Å². The Kier molecular flexibility index (Phi) is 9.55. The highest BCUT2D eigenvalue weighted by atomic mass is 79.9. The van der Waals surface area contributed by atoms with Crippen molar-refractivity contribution in [3.05, 3.63) is 113 Å². The molecule has 0 aliphatic heterocycles. The maximum atomic E-state index is 13.8. The first-order valence-electron chi connectivity index (χ1n) is 12.9. The number of rotatable bonds is 11. The molecule has 2 atom stereocenters. The van der Waals surface area contributed by atoms with Gasteiger partial charge in [-0.1, -0.05) is 97.9 Å². The Balaban J connectivity index is 1.62. The molecular weight excluding hydrogens is 540 g/mol. The average molecular weight is 574 g/mol. The van der Waals surface area contributed by atoms with Gasteiger partial charge >= 0.3 is 0 Å². The summed E-state index contributed by atoms with van der Waals surface area (Å²) in [7, 11) is 0. The molecule has 0 saturated heterocycles. The van der Waals surface area contributed by atoms with E-state index in [9.17, 15) is 9.59 Å². The Bertz CT molecular complexity index is 1360. The SMILES string of the molecule is CCC(C)NC(=O)C(Cc1ccccc1)N(Cc1ccccc1)C(=O)COc1ccc2ccccc2c1Br. The van der Waals surface area contributed by atoms with Crippen LogP contribution in [0.2, 0.25) is 0 Å². The van der Waals surface area contributed by atoms with Crippen LogP contribution in [0.3, 0.4) is 0 Å². The zero-order valence-corrected chi connectivity index (χ0v) is 23.4. The quantitative estimate of drug-likeness (QED) is 0.222. The average Bonchev–Trinajstić information content (AvgIpc) is 2.95. The van der Waals surface area contributed by atoms with Crippen LogP contribution in [0, 0.1) is 0 Å². The number of amides is 2. The van der Waals surface area contributed by atoms with Gasteiger partial charge in [-0.2, -0.15) is 0 Å². The second kappa shape index (κ2) is 13.2. The predicted molar refractivity (Wildman–Crippen MR) is 156 cm³/mol. The molecule has 0 aromatic heterocycles. The van der Waals surface area contributed by atoms with Gasteiger partial charge in [0.25, 0.3) is 5.91 Å². The van der Waals surface area contributed by atoms with Crippen molar-refractivity contribution in [2.75, 3.05) is 6.61 Å². The van der Waals surface area contributed by atoms with Gasteiger partial charge in [0.2, 0.25) is 5.91 Å². The standard InChI is InChI=1S/C32H33BrN2O3/c1-3-23(2)34-32(37)28(20-24-12-6-4-7-13-24)35(21-25-14-8-5-9-15-25)30(36)22-38-29-19-18-26-16-10-11-17-27(26)31(29)33/h4-19,23,28H,3,20-22H2,1-2H3,(H,34,37). The molecule has 0 fully saturated rings. The van der Waals surface area contributed by atoms with Crippen molar-refractivity contribution in [3.8, 4) is 5.75 Å². The summed E-state index contributed by atoms with van der Waals surface area (Å²) in [5, 5.41) is 5.18. The molecule has 0 aliphatic rings. The van der Waals surface area contributed by atoms with E-state index in [0.29, 0.717) is 18.7 Å². The zero-order valence-electron chi connectivity index (χ0n) is 21.8. The van der Waals surface area contributed by atoms with Crippen LogP contribution in [0.25, 0.3) is 10.8 Å². The number of hydrogen-bond donors (Lipinski definition) is 1. The highest BCUT2D eigenvalue weighted by Crippen LogP contribution is 2.33. The minimum Gasteiger partial charge on any atom is -0.483 e. The third kappa shape index (κ3) is 7.01. The number of halogens is 1. The number of nitrogens with zero attached hydrogens (tertiary/aromatic N) is 1. The predicted octanol–water partition coefficient (Wildman–Crippen LogP) is 6.54. The second-order valence-electron chi connectivity index (χ2n) is 9.42. The minimum atomic E-state index is -0.692. The normalized spacial score (nSPS) is 12.5. The molecule has 4 aromatic carbocycles. The summed E-state index contributed by atoms with van der Waals surface area (Å²) in [5.74, 6) is 0.161. The monoisotopic (exact) mass is 572 g/mol. The molecular formula is C32H33BrN2O3. The van der Waals surface area contributed by atoms with Crippen LogP contribution in [0.5, 0.6) is 5.75 Å². The Morgan fingerprint density at radius 1 is 0.868 bits per heavy atom. The second-order valence-corrected chi connectivity index (χ2v) is 10.2. The summed E-state index contributed by atoms with van der Waals surface area (Å²) in [6, 6.07) is 30.7. The van der Waals surface area contributed by atoms with E-state index in [1.807, 2.05) is 111 Å². The van der Waals surface area contributed by atoms with Gasteiger partial charge in [0.05, 0.1) is 4.47 Å². The number of hydrogen-bond acceptors (Lipinski definition) is 3. The van der Waals surface area contributed by atoms with E-state index in [1.165, 1.54) is 0 Å². The lowest BCUT2D eigenvalue weighted by Crippen LogP contribution is -2.53. The van der Waals surface area contributed by atoms with Crippen LogP contribution in [-0.2, 0) is 22.6 Å². The lowest BCUT2D eigenvalue weighted by molar-refractivity contribution is -0.143. The third-order valence-electron chi connectivity index (χ3n) is 6.65. The summed E-state index contributed by atoms with van der Waals surface area (Å²) in [6.07, 6.45) is 1.21. The lowest BCUT2D eigenvalue weighted by Gasteiger charge is -2.32. The fourth-order valence-electron chi connectivity index (χ4n) is 4.32. The Labute approximate surface area is 232 Å². The molecule has 5 nitrogen and oxygen atoms in total. The number of carbonyl (C=O) groups excluding carboxylic acids is 2. The molecule has 6 heteroatoms. The molecule has 4 aromatic rings.